The van der Waals surface area contributed by atoms with Gasteiger partial charge in [-0.2, -0.15) is 18.2 Å². The third-order valence-corrected chi connectivity index (χ3v) is 8.63. The van der Waals surface area contributed by atoms with E-state index in [1.165, 1.54) is 23.1 Å². The van der Waals surface area contributed by atoms with E-state index < -0.39 is 38.8 Å². The maximum Gasteiger partial charge on any atom is 0.418 e. The van der Waals surface area contributed by atoms with Crippen LogP contribution in [0.15, 0.2) is 53.5 Å². The van der Waals surface area contributed by atoms with E-state index in [0.717, 1.165) is 17.8 Å². The summed E-state index contributed by atoms with van der Waals surface area (Å²) in [6.45, 7) is 0. The number of fused-ring (bicyclic) bond motifs is 1. The summed E-state index contributed by atoms with van der Waals surface area (Å²) in [5.74, 6) is -1.05. The summed E-state index contributed by atoms with van der Waals surface area (Å²) in [7, 11) is -3.40. The van der Waals surface area contributed by atoms with Crippen molar-refractivity contribution in [2.45, 2.75) is 23.9 Å². The molecule has 2 aliphatic heterocycles. The second-order valence-corrected chi connectivity index (χ2v) is 11.0. The highest BCUT2D eigenvalue weighted by Crippen LogP contribution is 2.45. The van der Waals surface area contributed by atoms with Gasteiger partial charge in [-0.25, -0.2) is 8.42 Å². The van der Waals surface area contributed by atoms with Gasteiger partial charge in [0.1, 0.15) is 0 Å². The Morgan fingerprint density at radius 2 is 1.81 bits per heavy atom. The molecule has 0 unspecified atom stereocenters. The van der Waals surface area contributed by atoms with E-state index in [0.29, 0.717) is 10.6 Å². The fourth-order valence-corrected chi connectivity index (χ4v) is 7.85. The lowest BCUT2D eigenvalue weighted by Crippen LogP contribution is -2.39. The largest absolute Gasteiger partial charge is 0.418 e. The topological polar surface area (TPSA) is 66.8 Å². The number of para-hydroxylation sites is 1. The van der Waals surface area contributed by atoms with Crippen LogP contribution in [0.2, 0.25) is 5.02 Å². The van der Waals surface area contributed by atoms with Gasteiger partial charge in [0.15, 0.2) is 15.0 Å². The maximum atomic E-state index is 13.6. The summed E-state index contributed by atoms with van der Waals surface area (Å²) < 4.78 is 65.2. The first-order valence-corrected chi connectivity index (χ1v) is 12.3. The molecule has 0 spiro atoms. The first-order valence-electron chi connectivity index (χ1n) is 9.22. The molecule has 31 heavy (non-hydrogen) atoms. The van der Waals surface area contributed by atoms with Crippen molar-refractivity contribution in [3.8, 4) is 0 Å². The zero-order chi connectivity index (χ0) is 22.4. The predicted molar refractivity (Wildman–Crippen MR) is 115 cm³/mol. The molecule has 11 heteroatoms. The number of carbonyl (C=O) groups is 1. The van der Waals surface area contributed by atoms with Crippen molar-refractivity contribution < 1.29 is 26.4 Å². The number of nitrogens with zero attached hydrogens (tertiary/aromatic N) is 2. The van der Waals surface area contributed by atoms with Crippen LogP contribution < -0.4 is 4.90 Å². The van der Waals surface area contributed by atoms with E-state index in [-0.39, 0.29) is 28.8 Å². The van der Waals surface area contributed by atoms with Gasteiger partial charge in [0.25, 0.3) is 5.91 Å². The number of halogens is 4. The number of amides is 1. The second-order valence-electron chi connectivity index (χ2n) is 7.24. The van der Waals surface area contributed by atoms with Crippen LogP contribution in [0.3, 0.4) is 0 Å². The molecule has 0 N–H and O–H groups in total. The molecule has 4 rings (SSSR count). The molecule has 2 aliphatic rings. The van der Waals surface area contributed by atoms with Crippen molar-refractivity contribution in [1.29, 1.82) is 0 Å². The van der Waals surface area contributed by atoms with Crippen LogP contribution in [0.1, 0.15) is 11.1 Å². The monoisotopic (exact) mass is 488 g/mol. The Balaban J connectivity index is 1.73. The standard InChI is InChI=1S/C20H16ClF3N2O3S2/c21-14-7-3-1-5-12(14)9-18(27)25-19-26(16-10-31(28,29)11-17(16)30-19)15-8-4-2-6-13(15)20(22,23)24/h1-8,16-17H,9-11H2/t16-,17-/m0/s1. The lowest BCUT2D eigenvalue weighted by atomic mass is 10.1. The molecule has 1 amide bonds. The molecule has 2 aromatic carbocycles. The van der Waals surface area contributed by atoms with Crippen LogP contribution in [-0.4, -0.2) is 42.3 Å². The Morgan fingerprint density at radius 1 is 1.13 bits per heavy atom. The van der Waals surface area contributed by atoms with Crippen LogP contribution >= 0.6 is 23.4 Å². The van der Waals surface area contributed by atoms with Crippen molar-refractivity contribution in [2.75, 3.05) is 16.4 Å². The van der Waals surface area contributed by atoms with Gasteiger partial charge in [-0.15, -0.1) is 0 Å². The first-order chi connectivity index (χ1) is 14.5. The number of carbonyl (C=O) groups excluding carboxylic acids is 1. The van der Waals surface area contributed by atoms with Gasteiger partial charge < -0.3 is 4.90 Å². The average Bonchev–Trinajstić information content (AvgIpc) is 3.13. The van der Waals surface area contributed by atoms with Crippen LogP contribution in [0, 0.1) is 0 Å². The average molecular weight is 489 g/mol. The molecule has 5 nitrogen and oxygen atoms in total. The van der Waals surface area contributed by atoms with Gasteiger partial charge in [0, 0.05) is 10.3 Å². The molecule has 0 aromatic heterocycles. The van der Waals surface area contributed by atoms with Crippen molar-refractivity contribution in [1.82, 2.24) is 0 Å². The SMILES string of the molecule is O=C(Cc1ccccc1Cl)N=C1S[C@H]2CS(=O)(=O)C[C@@H]2N1c1ccccc1C(F)(F)F. The second kappa shape index (κ2) is 8.14. The van der Waals surface area contributed by atoms with Gasteiger partial charge in [0.05, 0.1) is 35.2 Å². The minimum Gasteiger partial charge on any atom is -0.315 e. The molecular formula is C20H16ClF3N2O3S2. The van der Waals surface area contributed by atoms with E-state index in [1.54, 1.807) is 24.3 Å². The number of hydrogen-bond donors (Lipinski definition) is 0. The Bertz CT molecular complexity index is 1170. The quantitative estimate of drug-likeness (QED) is 0.647. The lowest BCUT2D eigenvalue weighted by Gasteiger charge is -2.27. The number of sulfone groups is 1. The van der Waals surface area contributed by atoms with Gasteiger partial charge in [-0.3, -0.25) is 4.79 Å². The number of anilines is 1. The fraction of sp³-hybridized carbons (Fsp3) is 0.300. The molecule has 0 radical (unpaired) electrons. The summed E-state index contributed by atoms with van der Waals surface area (Å²) >= 11 is 7.11. The summed E-state index contributed by atoms with van der Waals surface area (Å²) in [4.78, 5) is 17.9. The highest BCUT2D eigenvalue weighted by Gasteiger charge is 2.51. The molecule has 2 fully saturated rings. The number of thioether (sulfide) groups is 1. The normalized spacial score (nSPS) is 23.9. The number of amidine groups is 1. The smallest absolute Gasteiger partial charge is 0.315 e. The Labute approximate surface area is 186 Å². The zero-order valence-electron chi connectivity index (χ0n) is 15.8. The number of benzene rings is 2. The molecule has 0 aliphatic carbocycles. The third kappa shape index (κ3) is 4.61. The summed E-state index contributed by atoms with van der Waals surface area (Å²) in [6, 6.07) is 10.9. The van der Waals surface area contributed by atoms with Crippen molar-refractivity contribution in [3.05, 3.63) is 64.7 Å². The Hall–Kier alpha value is -2.04. The summed E-state index contributed by atoms with van der Waals surface area (Å²) in [5.41, 5.74) is -0.574. The number of alkyl halides is 3. The van der Waals surface area contributed by atoms with E-state index in [9.17, 15) is 26.4 Å². The fourth-order valence-electron chi connectivity index (χ4n) is 3.72. The predicted octanol–water partition coefficient (Wildman–Crippen LogP) is 4.20. The van der Waals surface area contributed by atoms with Crippen molar-refractivity contribution in [3.63, 3.8) is 0 Å². The molecular weight excluding hydrogens is 473 g/mol. The van der Waals surface area contributed by atoms with Gasteiger partial charge in [0.2, 0.25) is 0 Å². The van der Waals surface area contributed by atoms with Crippen molar-refractivity contribution >= 4 is 50.0 Å². The number of aliphatic imine (C=N–C) groups is 1. The molecule has 2 saturated heterocycles. The lowest BCUT2D eigenvalue weighted by molar-refractivity contribution is -0.137. The first kappa shape index (κ1) is 22.2. The van der Waals surface area contributed by atoms with Crippen LogP contribution in [-0.2, 0) is 27.2 Å². The highest BCUT2D eigenvalue weighted by molar-refractivity contribution is 8.16. The highest BCUT2D eigenvalue weighted by atomic mass is 35.5. The van der Waals surface area contributed by atoms with Crippen LogP contribution in [0.4, 0.5) is 18.9 Å². The summed E-state index contributed by atoms with van der Waals surface area (Å²) in [5, 5.41) is -0.0471. The minimum atomic E-state index is -4.65. The summed E-state index contributed by atoms with van der Waals surface area (Å²) in [6.07, 6.45) is -4.77. The molecule has 0 saturated carbocycles. The molecule has 0 bridgehead atoms. The number of hydrogen-bond acceptors (Lipinski definition) is 4. The van der Waals surface area contributed by atoms with Crippen molar-refractivity contribution in [2.24, 2.45) is 4.99 Å². The third-order valence-electron chi connectivity index (χ3n) is 5.06. The van der Waals surface area contributed by atoms with E-state index in [1.807, 2.05) is 0 Å². The van der Waals surface area contributed by atoms with E-state index >= 15 is 0 Å². The maximum absolute atomic E-state index is 13.6. The zero-order valence-corrected chi connectivity index (χ0v) is 18.2. The molecule has 2 heterocycles. The minimum absolute atomic E-state index is 0.0682. The van der Waals surface area contributed by atoms with E-state index in [4.69, 9.17) is 11.6 Å². The Kier molecular flexibility index (Phi) is 5.82. The molecule has 164 valence electrons. The van der Waals surface area contributed by atoms with Gasteiger partial charge in [-0.1, -0.05) is 53.7 Å². The number of rotatable bonds is 3. The van der Waals surface area contributed by atoms with Gasteiger partial charge >= 0.3 is 6.18 Å². The van der Waals surface area contributed by atoms with E-state index in [2.05, 4.69) is 4.99 Å². The van der Waals surface area contributed by atoms with Gasteiger partial charge in [-0.05, 0) is 23.8 Å². The molecule has 2 aromatic rings. The Morgan fingerprint density at radius 3 is 2.52 bits per heavy atom. The van der Waals surface area contributed by atoms with Crippen LogP contribution in [0.5, 0.6) is 0 Å². The van der Waals surface area contributed by atoms with Crippen LogP contribution in [0.25, 0.3) is 0 Å². The molecule has 2 atom stereocenters.